The molecule has 22 heavy (non-hydrogen) atoms. The number of nitrogens with one attached hydrogen (secondary N) is 1. The number of carbonyl (C=O) groups excluding carboxylic acids is 1. The maximum Gasteiger partial charge on any atom is 0.252 e. The highest BCUT2D eigenvalue weighted by atomic mass is 19.1. The van der Waals surface area contributed by atoms with Crippen molar-refractivity contribution in [2.45, 2.75) is 33.3 Å². The molecule has 2 rings (SSSR count). The summed E-state index contributed by atoms with van der Waals surface area (Å²) >= 11 is 0. The molecule has 0 saturated heterocycles. The molecular formula is C17H21FN2O2. The molecule has 2 aromatic rings. The monoisotopic (exact) mass is 304 g/mol. The number of fused-ring (bicyclic) bond motifs is 1. The van der Waals surface area contributed by atoms with Gasteiger partial charge in [-0.1, -0.05) is 13.8 Å². The minimum absolute atomic E-state index is 0.196. The van der Waals surface area contributed by atoms with E-state index < -0.39 is 6.10 Å². The Morgan fingerprint density at radius 2 is 2.09 bits per heavy atom. The quantitative estimate of drug-likeness (QED) is 0.893. The lowest BCUT2D eigenvalue weighted by atomic mass is 10.0. The molecule has 1 heterocycles. The second-order valence-corrected chi connectivity index (χ2v) is 5.97. The van der Waals surface area contributed by atoms with E-state index in [1.54, 1.807) is 19.1 Å². The van der Waals surface area contributed by atoms with Crippen molar-refractivity contribution in [2.24, 2.45) is 5.92 Å². The van der Waals surface area contributed by atoms with Crippen molar-refractivity contribution in [3.05, 3.63) is 41.3 Å². The van der Waals surface area contributed by atoms with Gasteiger partial charge >= 0.3 is 0 Å². The number of hydrogen-bond acceptors (Lipinski definition) is 3. The Labute approximate surface area is 129 Å². The number of carbonyl (C=O) groups is 1. The summed E-state index contributed by atoms with van der Waals surface area (Å²) < 4.78 is 13.3. The van der Waals surface area contributed by atoms with Gasteiger partial charge in [-0.05, 0) is 37.5 Å². The Kier molecular flexibility index (Phi) is 5.08. The highest BCUT2D eigenvalue weighted by molar-refractivity contribution is 6.06. The molecule has 0 saturated carbocycles. The van der Waals surface area contributed by atoms with Crippen LogP contribution in [0.25, 0.3) is 10.9 Å². The van der Waals surface area contributed by atoms with Crippen LogP contribution in [0.3, 0.4) is 0 Å². The molecule has 0 aliphatic heterocycles. The van der Waals surface area contributed by atoms with Crippen molar-refractivity contribution >= 4 is 16.8 Å². The van der Waals surface area contributed by atoms with Gasteiger partial charge in [0.25, 0.3) is 5.91 Å². The molecule has 1 unspecified atom stereocenters. The van der Waals surface area contributed by atoms with Gasteiger partial charge in [-0.25, -0.2) is 4.39 Å². The molecule has 1 atom stereocenters. The second-order valence-electron chi connectivity index (χ2n) is 5.97. The van der Waals surface area contributed by atoms with Gasteiger partial charge < -0.3 is 10.4 Å². The molecule has 0 radical (unpaired) electrons. The minimum Gasteiger partial charge on any atom is -0.391 e. The van der Waals surface area contributed by atoms with Crippen LogP contribution in [0.5, 0.6) is 0 Å². The minimum atomic E-state index is -0.574. The third-order valence-electron chi connectivity index (χ3n) is 3.39. The van der Waals surface area contributed by atoms with Crippen molar-refractivity contribution in [1.82, 2.24) is 10.3 Å². The van der Waals surface area contributed by atoms with Crippen LogP contribution in [-0.4, -0.2) is 28.6 Å². The van der Waals surface area contributed by atoms with Gasteiger partial charge in [0, 0.05) is 23.7 Å². The summed E-state index contributed by atoms with van der Waals surface area (Å²) in [6.07, 6.45) is 0.0531. The van der Waals surface area contributed by atoms with Crippen LogP contribution in [0.2, 0.25) is 0 Å². The maximum atomic E-state index is 13.3. The first-order valence-corrected chi connectivity index (χ1v) is 7.40. The Hall–Kier alpha value is -2.01. The smallest absolute Gasteiger partial charge is 0.252 e. The average Bonchev–Trinajstić information content (AvgIpc) is 2.42. The summed E-state index contributed by atoms with van der Waals surface area (Å²) in [7, 11) is 0. The number of rotatable bonds is 5. The third kappa shape index (κ3) is 4.01. The summed E-state index contributed by atoms with van der Waals surface area (Å²) in [4.78, 5) is 16.6. The number of benzene rings is 1. The van der Waals surface area contributed by atoms with E-state index in [9.17, 15) is 14.3 Å². The van der Waals surface area contributed by atoms with E-state index in [-0.39, 0.29) is 18.3 Å². The molecule has 1 aromatic heterocycles. The Balaban J connectivity index is 2.21. The zero-order chi connectivity index (χ0) is 16.3. The fraction of sp³-hybridized carbons (Fsp3) is 0.412. The summed E-state index contributed by atoms with van der Waals surface area (Å²) in [6.45, 7) is 5.98. The van der Waals surface area contributed by atoms with Crippen molar-refractivity contribution in [2.75, 3.05) is 6.54 Å². The Morgan fingerprint density at radius 1 is 1.36 bits per heavy atom. The molecule has 0 bridgehead atoms. The van der Waals surface area contributed by atoms with Crippen LogP contribution in [0, 0.1) is 18.7 Å². The van der Waals surface area contributed by atoms with Gasteiger partial charge in [-0.3, -0.25) is 9.78 Å². The first-order chi connectivity index (χ1) is 10.4. The number of hydrogen-bond donors (Lipinski definition) is 2. The van der Waals surface area contributed by atoms with Crippen LogP contribution < -0.4 is 5.32 Å². The second kappa shape index (κ2) is 6.83. The van der Waals surface area contributed by atoms with E-state index in [0.717, 1.165) is 0 Å². The zero-order valence-electron chi connectivity index (χ0n) is 13.1. The fourth-order valence-corrected chi connectivity index (χ4v) is 2.46. The van der Waals surface area contributed by atoms with E-state index in [0.29, 0.717) is 34.5 Å². The lowest BCUT2D eigenvalue weighted by Crippen LogP contribution is -2.33. The predicted octanol–water partition coefficient (Wildman–Crippen LogP) is 2.82. The van der Waals surface area contributed by atoms with Crippen LogP contribution in [0.4, 0.5) is 4.39 Å². The van der Waals surface area contributed by atoms with Gasteiger partial charge in [0.1, 0.15) is 5.82 Å². The van der Waals surface area contributed by atoms with Gasteiger partial charge in [0.2, 0.25) is 0 Å². The number of aliphatic hydroxyl groups excluding tert-OH is 1. The number of aliphatic hydroxyl groups is 1. The van der Waals surface area contributed by atoms with E-state index in [2.05, 4.69) is 10.3 Å². The van der Waals surface area contributed by atoms with Crippen molar-refractivity contribution in [1.29, 1.82) is 0 Å². The van der Waals surface area contributed by atoms with Gasteiger partial charge in [0.05, 0.1) is 17.2 Å². The van der Waals surface area contributed by atoms with Gasteiger partial charge in [-0.15, -0.1) is 0 Å². The third-order valence-corrected chi connectivity index (χ3v) is 3.39. The number of pyridine rings is 1. The molecule has 1 amide bonds. The summed E-state index contributed by atoms with van der Waals surface area (Å²) in [5.74, 6) is -0.312. The first-order valence-electron chi connectivity index (χ1n) is 7.40. The molecule has 118 valence electrons. The average molecular weight is 304 g/mol. The number of aromatic nitrogens is 1. The molecule has 2 N–H and O–H groups in total. The molecular weight excluding hydrogens is 283 g/mol. The normalized spacial score (nSPS) is 12.6. The molecule has 0 aliphatic rings. The summed E-state index contributed by atoms with van der Waals surface area (Å²) in [5, 5.41) is 13.2. The highest BCUT2D eigenvalue weighted by Crippen LogP contribution is 2.19. The molecule has 4 nitrogen and oxygen atoms in total. The largest absolute Gasteiger partial charge is 0.391 e. The SMILES string of the molecule is Cc1cc(C(=O)NCC(O)CC(C)C)c2ccc(F)cc2n1. The lowest BCUT2D eigenvalue weighted by Gasteiger charge is -2.14. The van der Waals surface area contributed by atoms with E-state index in [1.165, 1.54) is 12.1 Å². The molecule has 0 spiro atoms. The standard InChI is InChI=1S/C17H21FN2O2/c1-10(2)6-13(21)9-19-17(22)15-7-11(3)20-16-8-12(18)4-5-14(15)16/h4-5,7-8,10,13,21H,6,9H2,1-3H3,(H,19,22). The summed E-state index contributed by atoms with van der Waals surface area (Å²) in [5.41, 5.74) is 1.54. The number of nitrogens with zero attached hydrogens (tertiary/aromatic N) is 1. The van der Waals surface area contributed by atoms with Gasteiger partial charge in [0.15, 0.2) is 0 Å². The van der Waals surface area contributed by atoms with Crippen molar-refractivity contribution < 1.29 is 14.3 Å². The number of amides is 1. The van der Waals surface area contributed by atoms with Crippen LogP contribution in [-0.2, 0) is 0 Å². The van der Waals surface area contributed by atoms with E-state index >= 15 is 0 Å². The van der Waals surface area contributed by atoms with Crippen LogP contribution >= 0.6 is 0 Å². The fourth-order valence-electron chi connectivity index (χ4n) is 2.46. The molecule has 1 aromatic carbocycles. The van der Waals surface area contributed by atoms with E-state index in [4.69, 9.17) is 0 Å². The molecule has 0 aliphatic carbocycles. The van der Waals surface area contributed by atoms with Gasteiger partial charge in [-0.2, -0.15) is 0 Å². The maximum absolute atomic E-state index is 13.3. The lowest BCUT2D eigenvalue weighted by molar-refractivity contribution is 0.0901. The number of halogens is 1. The predicted molar refractivity (Wildman–Crippen MR) is 84.2 cm³/mol. The number of aryl methyl sites for hydroxylation is 1. The topological polar surface area (TPSA) is 62.2 Å². The molecule has 5 heteroatoms. The van der Waals surface area contributed by atoms with E-state index in [1.807, 2.05) is 13.8 Å². The van der Waals surface area contributed by atoms with Crippen LogP contribution in [0.1, 0.15) is 36.3 Å². The zero-order valence-corrected chi connectivity index (χ0v) is 13.1. The van der Waals surface area contributed by atoms with Crippen molar-refractivity contribution in [3.8, 4) is 0 Å². The summed E-state index contributed by atoms with van der Waals surface area (Å²) in [6, 6.07) is 5.84. The Morgan fingerprint density at radius 3 is 2.77 bits per heavy atom. The Bertz CT molecular complexity index is 680. The van der Waals surface area contributed by atoms with Crippen molar-refractivity contribution in [3.63, 3.8) is 0 Å². The molecule has 0 fully saturated rings. The van der Waals surface area contributed by atoms with Crippen LogP contribution in [0.15, 0.2) is 24.3 Å². The highest BCUT2D eigenvalue weighted by Gasteiger charge is 2.14. The first kappa shape index (κ1) is 16.4.